The van der Waals surface area contributed by atoms with Crippen molar-refractivity contribution in [2.75, 3.05) is 52.9 Å². The SMILES string of the molecule is CCN(CC)CC(C1CCCCC1)N1CCN(C(=O)[C@@H](Cc2ccc(Cl)cc2)NC(=O)CC2c3ccccc3CN2C)CC1. The van der Waals surface area contributed by atoms with E-state index >= 15 is 0 Å². The van der Waals surface area contributed by atoms with Gasteiger partial charge in [0.15, 0.2) is 0 Å². The summed E-state index contributed by atoms with van der Waals surface area (Å²) in [4.78, 5) is 37.1. The lowest BCUT2D eigenvalue weighted by Gasteiger charge is -2.45. The molecule has 2 aromatic carbocycles. The van der Waals surface area contributed by atoms with Crippen LogP contribution in [0.25, 0.3) is 0 Å². The van der Waals surface area contributed by atoms with E-state index in [9.17, 15) is 9.59 Å². The Morgan fingerprint density at radius 2 is 1.64 bits per heavy atom. The van der Waals surface area contributed by atoms with Gasteiger partial charge in [0.25, 0.3) is 0 Å². The first-order chi connectivity index (χ1) is 21.4. The first kappa shape index (κ1) is 32.9. The fourth-order valence-electron chi connectivity index (χ4n) is 7.69. The number of benzene rings is 2. The molecule has 8 heteroatoms. The average Bonchev–Trinajstić information content (AvgIpc) is 3.36. The average molecular weight is 622 g/mol. The van der Waals surface area contributed by atoms with Crippen LogP contribution in [0.4, 0.5) is 0 Å². The van der Waals surface area contributed by atoms with Crippen molar-refractivity contribution in [3.8, 4) is 0 Å². The standard InChI is InChI=1S/C36H52ClN5O2/c1-4-40(5-2)26-34(28-11-7-6-8-12-28)41-19-21-42(22-20-41)36(44)32(23-27-15-17-30(37)18-16-27)38-35(43)24-33-31-14-10-9-13-29(31)25-39(33)3/h9-10,13-18,28,32-34H,4-8,11-12,19-26H2,1-3H3,(H,38,43)/t32-,33?,34?/m1/s1. The molecule has 0 radical (unpaired) electrons. The zero-order chi connectivity index (χ0) is 31.1. The van der Waals surface area contributed by atoms with E-state index in [2.05, 4.69) is 59.1 Å². The molecular formula is C36H52ClN5O2. The second-order valence-corrected chi connectivity index (χ2v) is 13.5. The summed E-state index contributed by atoms with van der Waals surface area (Å²) in [6.45, 7) is 11.8. The predicted molar refractivity (Wildman–Crippen MR) is 179 cm³/mol. The van der Waals surface area contributed by atoms with Crippen molar-refractivity contribution in [2.24, 2.45) is 5.92 Å². The Morgan fingerprint density at radius 3 is 2.32 bits per heavy atom. The quantitative estimate of drug-likeness (QED) is 0.345. The molecule has 2 aliphatic heterocycles. The molecule has 1 aliphatic carbocycles. The maximum Gasteiger partial charge on any atom is 0.245 e. The van der Waals surface area contributed by atoms with Crippen molar-refractivity contribution in [3.63, 3.8) is 0 Å². The van der Waals surface area contributed by atoms with Gasteiger partial charge in [-0.1, -0.05) is 81.1 Å². The number of piperazine rings is 1. The summed E-state index contributed by atoms with van der Waals surface area (Å²) in [5.41, 5.74) is 3.47. The third kappa shape index (κ3) is 8.22. The van der Waals surface area contributed by atoms with Gasteiger partial charge in [-0.2, -0.15) is 0 Å². The number of amides is 2. The molecule has 3 atom stereocenters. The predicted octanol–water partition coefficient (Wildman–Crippen LogP) is 5.38. The number of nitrogens with zero attached hydrogens (tertiary/aromatic N) is 4. The lowest BCUT2D eigenvalue weighted by atomic mass is 9.82. The van der Waals surface area contributed by atoms with E-state index in [1.165, 1.54) is 43.2 Å². The largest absolute Gasteiger partial charge is 0.344 e. The summed E-state index contributed by atoms with van der Waals surface area (Å²) in [5, 5.41) is 3.84. The van der Waals surface area contributed by atoms with Gasteiger partial charge >= 0.3 is 0 Å². The first-order valence-electron chi connectivity index (χ1n) is 16.9. The van der Waals surface area contributed by atoms with Gasteiger partial charge in [0, 0.05) is 69.2 Å². The Balaban J connectivity index is 1.25. The van der Waals surface area contributed by atoms with E-state index in [1.807, 2.05) is 35.2 Å². The molecule has 5 rings (SSSR count). The summed E-state index contributed by atoms with van der Waals surface area (Å²) >= 11 is 6.15. The second kappa shape index (κ2) is 15.7. The summed E-state index contributed by atoms with van der Waals surface area (Å²) in [7, 11) is 2.06. The zero-order valence-electron chi connectivity index (χ0n) is 27.0. The van der Waals surface area contributed by atoms with E-state index in [1.54, 1.807) is 0 Å². The molecule has 2 fully saturated rings. The Bertz CT molecular complexity index is 1220. The van der Waals surface area contributed by atoms with Crippen molar-refractivity contribution in [3.05, 3.63) is 70.2 Å². The van der Waals surface area contributed by atoms with Gasteiger partial charge in [0.1, 0.15) is 6.04 Å². The van der Waals surface area contributed by atoms with E-state index in [0.717, 1.165) is 50.7 Å². The molecule has 0 aromatic heterocycles. The number of hydrogen-bond donors (Lipinski definition) is 1. The number of rotatable bonds is 12. The summed E-state index contributed by atoms with van der Waals surface area (Å²) in [6.07, 6.45) is 7.47. The van der Waals surface area contributed by atoms with Crippen molar-refractivity contribution >= 4 is 23.4 Å². The van der Waals surface area contributed by atoms with Gasteiger partial charge in [-0.3, -0.25) is 19.4 Å². The van der Waals surface area contributed by atoms with Crippen LogP contribution >= 0.6 is 11.6 Å². The Kier molecular flexibility index (Phi) is 11.8. The lowest BCUT2D eigenvalue weighted by Crippen LogP contribution is -2.59. The normalized spacial score (nSPS) is 21.3. The van der Waals surface area contributed by atoms with Gasteiger partial charge in [0.2, 0.25) is 11.8 Å². The van der Waals surface area contributed by atoms with Crippen LogP contribution in [0.15, 0.2) is 48.5 Å². The Labute approximate surface area is 269 Å². The third-order valence-corrected chi connectivity index (χ3v) is 10.6. The number of nitrogens with one attached hydrogen (secondary N) is 1. The van der Waals surface area contributed by atoms with Crippen LogP contribution < -0.4 is 5.32 Å². The molecule has 2 aromatic rings. The zero-order valence-corrected chi connectivity index (χ0v) is 27.8. The molecule has 1 saturated carbocycles. The molecule has 240 valence electrons. The number of hydrogen-bond acceptors (Lipinski definition) is 5. The minimum Gasteiger partial charge on any atom is -0.344 e. The van der Waals surface area contributed by atoms with E-state index in [-0.39, 0.29) is 17.9 Å². The molecule has 3 aliphatic rings. The lowest BCUT2D eigenvalue weighted by molar-refractivity contribution is -0.138. The number of halogens is 1. The highest BCUT2D eigenvalue weighted by atomic mass is 35.5. The fourth-order valence-corrected chi connectivity index (χ4v) is 7.82. The van der Waals surface area contributed by atoms with E-state index in [0.29, 0.717) is 37.0 Å². The number of carbonyl (C=O) groups excluding carboxylic acids is 2. The van der Waals surface area contributed by atoms with Gasteiger partial charge < -0.3 is 15.1 Å². The monoisotopic (exact) mass is 621 g/mol. The molecule has 2 heterocycles. The Hall–Kier alpha value is -2.45. The van der Waals surface area contributed by atoms with Crippen molar-refractivity contribution in [1.29, 1.82) is 0 Å². The maximum atomic E-state index is 14.1. The van der Waals surface area contributed by atoms with Crippen molar-refractivity contribution < 1.29 is 9.59 Å². The second-order valence-electron chi connectivity index (χ2n) is 13.1. The number of likely N-dealkylation sites (N-methyl/N-ethyl adjacent to an activating group) is 1. The van der Waals surface area contributed by atoms with Crippen LogP contribution in [-0.4, -0.2) is 96.4 Å². The van der Waals surface area contributed by atoms with Gasteiger partial charge in [-0.25, -0.2) is 0 Å². The third-order valence-electron chi connectivity index (χ3n) is 10.4. The molecule has 1 saturated heterocycles. The van der Waals surface area contributed by atoms with Crippen LogP contribution in [0.3, 0.4) is 0 Å². The summed E-state index contributed by atoms with van der Waals surface area (Å²) in [5.74, 6) is 0.676. The molecule has 1 N–H and O–H groups in total. The van der Waals surface area contributed by atoms with E-state index in [4.69, 9.17) is 11.6 Å². The highest BCUT2D eigenvalue weighted by Crippen LogP contribution is 2.34. The van der Waals surface area contributed by atoms with E-state index < -0.39 is 6.04 Å². The first-order valence-corrected chi connectivity index (χ1v) is 17.3. The molecular weight excluding hydrogens is 570 g/mol. The summed E-state index contributed by atoms with van der Waals surface area (Å²) < 4.78 is 0. The Morgan fingerprint density at radius 1 is 0.955 bits per heavy atom. The van der Waals surface area contributed by atoms with Crippen LogP contribution in [-0.2, 0) is 22.6 Å². The number of carbonyl (C=O) groups is 2. The van der Waals surface area contributed by atoms with Crippen molar-refractivity contribution in [2.45, 2.75) is 83.5 Å². The smallest absolute Gasteiger partial charge is 0.245 e. The molecule has 0 bridgehead atoms. The van der Waals surface area contributed by atoms with Gasteiger partial charge in [-0.05, 0) is 67.7 Å². The summed E-state index contributed by atoms with van der Waals surface area (Å²) in [6, 6.07) is 15.9. The number of fused-ring (bicyclic) bond motifs is 1. The molecule has 0 spiro atoms. The van der Waals surface area contributed by atoms with Gasteiger partial charge in [0.05, 0.1) is 0 Å². The maximum absolute atomic E-state index is 14.1. The minimum absolute atomic E-state index is 0.0172. The molecule has 44 heavy (non-hydrogen) atoms. The molecule has 2 unspecified atom stereocenters. The van der Waals surface area contributed by atoms with Crippen molar-refractivity contribution in [1.82, 2.24) is 24.9 Å². The van der Waals surface area contributed by atoms with Gasteiger partial charge in [-0.15, -0.1) is 0 Å². The highest BCUT2D eigenvalue weighted by molar-refractivity contribution is 6.30. The van der Waals surface area contributed by atoms with Crippen LogP contribution in [0, 0.1) is 5.92 Å². The molecule has 2 amide bonds. The fraction of sp³-hybridized carbons (Fsp3) is 0.611. The van der Waals surface area contributed by atoms with Crippen LogP contribution in [0.1, 0.15) is 75.1 Å². The minimum atomic E-state index is -0.609. The van der Waals surface area contributed by atoms with Crippen LogP contribution in [0.2, 0.25) is 5.02 Å². The highest BCUT2D eigenvalue weighted by Gasteiger charge is 2.36. The topological polar surface area (TPSA) is 59.1 Å². The molecule has 7 nitrogen and oxygen atoms in total. The van der Waals surface area contributed by atoms with Crippen LogP contribution in [0.5, 0.6) is 0 Å².